The molecule has 0 saturated heterocycles. The first-order valence-electron chi connectivity index (χ1n) is 7.82. The van der Waals surface area contributed by atoms with Crippen LogP contribution >= 0.6 is 0 Å². The van der Waals surface area contributed by atoms with E-state index in [1.54, 1.807) is 0 Å². The molecule has 0 aliphatic heterocycles. The number of benzene rings is 1. The average Bonchev–Trinajstić information content (AvgIpc) is 2.44. The Morgan fingerprint density at radius 3 is 1.47 bits per heavy atom. The lowest BCUT2D eigenvalue weighted by atomic mass is 9.85. The fourth-order valence-electron chi connectivity index (χ4n) is 2.42. The molecule has 0 aromatic heterocycles. The van der Waals surface area contributed by atoms with Gasteiger partial charge in [-0.05, 0) is 53.7 Å². The Morgan fingerprint density at radius 1 is 0.789 bits per heavy atom. The summed E-state index contributed by atoms with van der Waals surface area (Å²) in [4.78, 5) is 0. The lowest BCUT2D eigenvalue weighted by Crippen LogP contribution is -2.03. The lowest BCUT2D eigenvalue weighted by Gasteiger charge is -2.22. The van der Waals surface area contributed by atoms with Crippen molar-refractivity contribution in [1.82, 2.24) is 0 Å². The fourth-order valence-corrected chi connectivity index (χ4v) is 2.42. The Hall–Kier alpha value is -0.980. The standard InChI is InChI=1S/C18H30O/c1-7-12(4)15-10-16(13(5)8-2)18(19)17(11-15)14(6)9-3/h10-14,19H,7-9H2,1-6H3/t12-,13-,14+/m1/s1. The molecule has 0 heterocycles. The van der Waals surface area contributed by atoms with E-state index in [0.29, 0.717) is 23.5 Å². The summed E-state index contributed by atoms with van der Waals surface area (Å²) < 4.78 is 0. The Morgan fingerprint density at radius 2 is 1.16 bits per heavy atom. The Kier molecular flexibility index (Phi) is 5.90. The third-order valence-corrected chi connectivity index (χ3v) is 4.66. The van der Waals surface area contributed by atoms with Crippen LogP contribution in [0.4, 0.5) is 0 Å². The van der Waals surface area contributed by atoms with Gasteiger partial charge in [-0.2, -0.15) is 0 Å². The first-order chi connectivity index (χ1) is 8.96. The maximum Gasteiger partial charge on any atom is 0.122 e. The molecule has 1 N–H and O–H groups in total. The summed E-state index contributed by atoms with van der Waals surface area (Å²) in [6, 6.07) is 4.45. The van der Waals surface area contributed by atoms with Gasteiger partial charge in [0.05, 0.1) is 0 Å². The van der Waals surface area contributed by atoms with Crippen LogP contribution in [0.25, 0.3) is 0 Å². The van der Waals surface area contributed by atoms with Crippen LogP contribution < -0.4 is 0 Å². The van der Waals surface area contributed by atoms with Gasteiger partial charge >= 0.3 is 0 Å². The summed E-state index contributed by atoms with van der Waals surface area (Å²) in [5.74, 6) is 1.94. The molecule has 108 valence electrons. The van der Waals surface area contributed by atoms with Crippen LogP contribution in [0, 0.1) is 0 Å². The van der Waals surface area contributed by atoms with Crippen molar-refractivity contribution in [2.75, 3.05) is 0 Å². The summed E-state index contributed by atoms with van der Waals surface area (Å²) in [5.41, 5.74) is 3.65. The lowest BCUT2D eigenvalue weighted by molar-refractivity contribution is 0.448. The summed E-state index contributed by atoms with van der Waals surface area (Å²) in [6.07, 6.45) is 3.28. The molecule has 0 radical (unpaired) electrons. The van der Waals surface area contributed by atoms with Crippen LogP contribution in [-0.2, 0) is 0 Å². The molecule has 0 aliphatic carbocycles. The first-order valence-corrected chi connectivity index (χ1v) is 7.82. The Balaban J connectivity index is 3.37. The summed E-state index contributed by atoms with van der Waals surface area (Å²) in [6.45, 7) is 13.3. The van der Waals surface area contributed by atoms with Crippen molar-refractivity contribution in [3.63, 3.8) is 0 Å². The van der Waals surface area contributed by atoms with E-state index in [-0.39, 0.29) is 0 Å². The maximum absolute atomic E-state index is 10.6. The van der Waals surface area contributed by atoms with E-state index in [4.69, 9.17) is 0 Å². The third kappa shape index (κ3) is 3.52. The van der Waals surface area contributed by atoms with E-state index in [9.17, 15) is 5.11 Å². The van der Waals surface area contributed by atoms with Gasteiger partial charge in [-0.1, -0.05) is 53.7 Å². The van der Waals surface area contributed by atoms with Gasteiger partial charge in [0.2, 0.25) is 0 Å². The Labute approximate surface area is 119 Å². The third-order valence-electron chi connectivity index (χ3n) is 4.66. The van der Waals surface area contributed by atoms with Crippen LogP contribution in [0.3, 0.4) is 0 Å². The number of hydrogen-bond donors (Lipinski definition) is 1. The Bertz CT molecular complexity index is 377. The van der Waals surface area contributed by atoms with Crippen LogP contribution in [0.2, 0.25) is 0 Å². The smallest absolute Gasteiger partial charge is 0.122 e. The summed E-state index contributed by atoms with van der Waals surface area (Å²) in [5, 5.41) is 10.6. The van der Waals surface area contributed by atoms with Crippen molar-refractivity contribution in [3.8, 4) is 5.75 Å². The molecule has 0 aliphatic rings. The highest BCUT2D eigenvalue weighted by Crippen LogP contribution is 2.39. The maximum atomic E-state index is 10.6. The minimum absolute atomic E-state index is 0.423. The highest BCUT2D eigenvalue weighted by atomic mass is 16.3. The second kappa shape index (κ2) is 6.98. The molecule has 0 fully saturated rings. The van der Waals surface area contributed by atoms with Crippen LogP contribution in [-0.4, -0.2) is 5.11 Å². The molecule has 0 bridgehead atoms. The van der Waals surface area contributed by atoms with Gasteiger partial charge in [-0.15, -0.1) is 0 Å². The highest BCUT2D eigenvalue weighted by molar-refractivity contribution is 5.47. The van der Waals surface area contributed by atoms with E-state index >= 15 is 0 Å². The van der Waals surface area contributed by atoms with Gasteiger partial charge in [-0.25, -0.2) is 0 Å². The molecule has 0 spiro atoms. The first kappa shape index (κ1) is 16.1. The van der Waals surface area contributed by atoms with Crippen LogP contribution in [0.15, 0.2) is 12.1 Å². The molecular formula is C18H30O. The van der Waals surface area contributed by atoms with Crippen molar-refractivity contribution in [1.29, 1.82) is 0 Å². The molecule has 1 rings (SSSR count). The van der Waals surface area contributed by atoms with Gasteiger partial charge < -0.3 is 5.11 Å². The fraction of sp³-hybridized carbons (Fsp3) is 0.667. The highest BCUT2D eigenvalue weighted by Gasteiger charge is 2.19. The van der Waals surface area contributed by atoms with Gasteiger partial charge in [0.1, 0.15) is 5.75 Å². The van der Waals surface area contributed by atoms with Gasteiger partial charge in [0.15, 0.2) is 0 Å². The van der Waals surface area contributed by atoms with Crippen molar-refractivity contribution in [3.05, 3.63) is 28.8 Å². The van der Waals surface area contributed by atoms with Crippen molar-refractivity contribution < 1.29 is 5.11 Å². The van der Waals surface area contributed by atoms with E-state index < -0.39 is 0 Å². The van der Waals surface area contributed by atoms with Crippen LogP contribution in [0.5, 0.6) is 5.75 Å². The van der Waals surface area contributed by atoms with Gasteiger partial charge in [0.25, 0.3) is 0 Å². The number of hydrogen-bond acceptors (Lipinski definition) is 1. The number of aromatic hydroxyl groups is 1. The van der Waals surface area contributed by atoms with Gasteiger partial charge in [-0.3, -0.25) is 0 Å². The molecule has 0 amide bonds. The summed E-state index contributed by atoms with van der Waals surface area (Å²) >= 11 is 0. The molecule has 0 saturated carbocycles. The average molecular weight is 262 g/mol. The van der Waals surface area contributed by atoms with Gasteiger partial charge in [0, 0.05) is 0 Å². The summed E-state index contributed by atoms with van der Waals surface area (Å²) in [7, 11) is 0. The number of rotatable bonds is 6. The van der Waals surface area contributed by atoms with E-state index in [0.717, 1.165) is 30.4 Å². The van der Waals surface area contributed by atoms with Crippen LogP contribution in [0.1, 0.15) is 95.2 Å². The minimum atomic E-state index is 0.423. The molecule has 19 heavy (non-hydrogen) atoms. The van der Waals surface area contributed by atoms with Crippen molar-refractivity contribution in [2.24, 2.45) is 0 Å². The van der Waals surface area contributed by atoms with Crippen molar-refractivity contribution >= 4 is 0 Å². The van der Waals surface area contributed by atoms with E-state index in [1.165, 1.54) is 5.56 Å². The monoisotopic (exact) mass is 262 g/mol. The van der Waals surface area contributed by atoms with E-state index in [2.05, 4.69) is 53.7 Å². The SMILES string of the molecule is CC[C@@H](C)c1cc([C@H](C)CC)c(O)c([C@@H](C)CC)c1. The molecule has 3 atom stereocenters. The normalized spacial score (nSPS) is 16.1. The molecule has 1 nitrogen and oxygen atoms in total. The zero-order valence-electron chi connectivity index (χ0n) is 13.5. The minimum Gasteiger partial charge on any atom is -0.507 e. The largest absolute Gasteiger partial charge is 0.507 e. The zero-order chi connectivity index (χ0) is 14.6. The molecular weight excluding hydrogens is 232 g/mol. The predicted octanol–water partition coefficient (Wildman–Crippen LogP) is 5.93. The van der Waals surface area contributed by atoms with E-state index in [1.807, 2.05) is 0 Å². The molecule has 1 aromatic carbocycles. The predicted molar refractivity (Wildman–Crippen MR) is 84.2 cm³/mol. The molecule has 0 unspecified atom stereocenters. The topological polar surface area (TPSA) is 20.2 Å². The number of phenolic OH excluding ortho intramolecular Hbond substituents is 1. The second-order valence-electron chi connectivity index (χ2n) is 5.98. The zero-order valence-corrected chi connectivity index (χ0v) is 13.5. The number of phenols is 1. The van der Waals surface area contributed by atoms with Crippen molar-refractivity contribution in [2.45, 2.75) is 78.6 Å². The molecule has 1 heteroatoms. The second-order valence-corrected chi connectivity index (χ2v) is 5.98. The molecule has 1 aromatic rings. The quantitative estimate of drug-likeness (QED) is 0.673.